The van der Waals surface area contributed by atoms with Crippen LogP contribution in [0.4, 0.5) is 5.69 Å². The van der Waals surface area contributed by atoms with E-state index >= 15 is 0 Å². The van der Waals surface area contributed by atoms with Crippen molar-refractivity contribution in [1.29, 1.82) is 0 Å². The molecule has 6 nitrogen and oxygen atoms in total. The zero-order valence-electron chi connectivity index (χ0n) is 13.3. The normalized spacial score (nSPS) is 11.1. The first-order valence-corrected chi connectivity index (χ1v) is 8.05. The molecule has 122 valence electrons. The van der Waals surface area contributed by atoms with Gasteiger partial charge in [-0.1, -0.05) is 6.07 Å². The largest absolute Gasteiger partial charge is 0.347 e. The van der Waals surface area contributed by atoms with Crippen molar-refractivity contribution in [1.82, 2.24) is 10.3 Å². The molecule has 2 amide bonds. The molecule has 1 aromatic heterocycles. The van der Waals surface area contributed by atoms with Crippen LogP contribution in [0.25, 0.3) is 0 Å². The number of hydrogen-bond acceptors (Lipinski definition) is 5. The van der Waals surface area contributed by atoms with Crippen molar-refractivity contribution in [3.8, 4) is 0 Å². The van der Waals surface area contributed by atoms with Gasteiger partial charge in [-0.25, -0.2) is 4.98 Å². The van der Waals surface area contributed by atoms with Crippen molar-refractivity contribution in [2.45, 2.75) is 32.9 Å². The van der Waals surface area contributed by atoms with Crippen LogP contribution in [0.2, 0.25) is 0 Å². The van der Waals surface area contributed by atoms with Crippen LogP contribution in [0.15, 0.2) is 29.6 Å². The molecule has 0 unspecified atom stereocenters. The van der Waals surface area contributed by atoms with E-state index in [1.807, 2.05) is 20.8 Å². The highest BCUT2D eigenvalue weighted by Gasteiger charge is 2.16. The first kappa shape index (κ1) is 17.1. The lowest BCUT2D eigenvalue weighted by atomic mass is 10.1. The van der Waals surface area contributed by atoms with Crippen molar-refractivity contribution in [2.24, 2.45) is 5.73 Å². The van der Waals surface area contributed by atoms with E-state index < -0.39 is 0 Å². The van der Waals surface area contributed by atoms with Crippen LogP contribution in [-0.4, -0.2) is 22.3 Å². The lowest BCUT2D eigenvalue weighted by Crippen LogP contribution is -2.40. The monoisotopic (exact) mass is 332 g/mol. The number of nitrogens with zero attached hydrogens (tertiary/aromatic N) is 1. The summed E-state index contributed by atoms with van der Waals surface area (Å²) in [5.74, 6) is -0.512. The van der Waals surface area contributed by atoms with Gasteiger partial charge in [0.25, 0.3) is 11.8 Å². The molecule has 1 aromatic carbocycles. The first-order valence-electron chi connectivity index (χ1n) is 7.17. The topological polar surface area (TPSA) is 97.1 Å². The number of benzene rings is 1. The third-order valence-corrected chi connectivity index (χ3v) is 3.70. The summed E-state index contributed by atoms with van der Waals surface area (Å²) in [6.45, 7) is 6.04. The number of anilines is 1. The van der Waals surface area contributed by atoms with E-state index in [9.17, 15) is 9.59 Å². The Labute approximate surface area is 139 Å². The highest BCUT2D eigenvalue weighted by molar-refractivity contribution is 7.09. The smallest absolute Gasteiger partial charge is 0.275 e. The van der Waals surface area contributed by atoms with E-state index in [1.54, 1.807) is 29.6 Å². The van der Waals surface area contributed by atoms with E-state index in [4.69, 9.17) is 5.73 Å². The summed E-state index contributed by atoms with van der Waals surface area (Å²) in [6.07, 6.45) is 0. The zero-order chi connectivity index (χ0) is 17.0. The highest BCUT2D eigenvalue weighted by atomic mass is 32.1. The fraction of sp³-hybridized carbons (Fsp3) is 0.312. The SMILES string of the molecule is CC(C)(C)NC(=O)c1cccc(NC(=O)c2csc(CN)n2)c1. The van der Waals surface area contributed by atoms with Crippen molar-refractivity contribution in [2.75, 3.05) is 5.32 Å². The average molecular weight is 332 g/mol. The molecule has 0 fully saturated rings. The number of carbonyl (C=O) groups excluding carboxylic acids is 2. The number of aromatic nitrogens is 1. The minimum Gasteiger partial charge on any atom is -0.347 e. The molecule has 2 rings (SSSR count). The molecule has 0 spiro atoms. The number of rotatable bonds is 4. The van der Waals surface area contributed by atoms with Crippen LogP contribution >= 0.6 is 11.3 Å². The molecule has 23 heavy (non-hydrogen) atoms. The molecular weight excluding hydrogens is 312 g/mol. The third kappa shape index (κ3) is 4.87. The van der Waals surface area contributed by atoms with Gasteiger partial charge in [-0.15, -0.1) is 11.3 Å². The summed E-state index contributed by atoms with van der Waals surface area (Å²) in [4.78, 5) is 28.4. The van der Waals surface area contributed by atoms with Crippen LogP contribution in [0.1, 0.15) is 46.6 Å². The Hall–Kier alpha value is -2.25. The van der Waals surface area contributed by atoms with Crippen molar-refractivity contribution >= 4 is 28.8 Å². The number of carbonyl (C=O) groups is 2. The maximum atomic E-state index is 12.2. The predicted octanol–water partition coefficient (Wildman–Crippen LogP) is 2.38. The number of amides is 2. The van der Waals surface area contributed by atoms with Crippen molar-refractivity contribution < 1.29 is 9.59 Å². The quantitative estimate of drug-likeness (QED) is 0.801. The van der Waals surface area contributed by atoms with E-state index in [0.29, 0.717) is 28.5 Å². The van der Waals surface area contributed by atoms with E-state index in [0.717, 1.165) is 0 Å². The van der Waals surface area contributed by atoms with E-state index in [1.165, 1.54) is 11.3 Å². The van der Waals surface area contributed by atoms with E-state index in [-0.39, 0.29) is 17.4 Å². The van der Waals surface area contributed by atoms with Crippen LogP contribution < -0.4 is 16.4 Å². The standard InChI is InChI=1S/C16H20N4O2S/c1-16(2,3)20-14(21)10-5-4-6-11(7-10)18-15(22)12-9-23-13(8-17)19-12/h4-7,9H,8,17H2,1-3H3,(H,18,22)(H,20,21). The summed E-state index contributed by atoms with van der Waals surface area (Å²) >= 11 is 1.34. The Balaban J connectivity index is 2.10. The number of nitrogens with one attached hydrogen (secondary N) is 2. The number of nitrogens with two attached hydrogens (primary N) is 1. The third-order valence-electron chi connectivity index (χ3n) is 2.83. The molecule has 0 bridgehead atoms. The van der Waals surface area contributed by atoms with E-state index in [2.05, 4.69) is 15.6 Å². The fourth-order valence-electron chi connectivity index (χ4n) is 1.86. The summed E-state index contributed by atoms with van der Waals surface area (Å²) in [7, 11) is 0. The second-order valence-electron chi connectivity index (χ2n) is 6.07. The Bertz CT molecular complexity index is 719. The number of thiazole rings is 1. The van der Waals surface area contributed by atoms with Gasteiger partial charge < -0.3 is 16.4 Å². The molecule has 0 radical (unpaired) electrons. The molecule has 0 saturated heterocycles. The molecular formula is C16H20N4O2S. The van der Waals surface area contributed by atoms with Gasteiger partial charge in [0.05, 0.1) is 0 Å². The Kier molecular flexibility index (Phi) is 5.12. The van der Waals surface area contributed by atoms with Crippen molar-refractivity contribution in [3.05, 3.63) is 45.9 Å². The number of hydrogen-bond donors (Lipinski definition) is 3. The minimum atomic E-state index is -0.325. The van der Waals surface area contributed by atoms with Gasteiger partial charge in [0.1, 0.15) is 10.7 Å². The first-order chi connectivity index (χ1) is 10.8. The Morgan fingerprint density at radius 3 is 2.61 bits per heavy atom. The minimum absolute atomic E-state index is 0.187. The summed E-state index contributed by atoms with van der Waals surface area (Å²) in [5, 5.41) is 7.98. The van der Waals surface area contributed by atoms with Crippen molar-refractivity contribution in [3.63, 3.8) is 0 Å². The molecule has 7 heteroatoms. The Morgan fingerprint density at radius 1 is 1.26 bits per heavy atom. The molecule has 0 aliphatic carbocycles. The van der Waals surface area contributed by atoms with Crippen LogP contribution in [0.5, 0.6) is 0 Å². The molecule has 0 saturated carbocycles. The van der Waals surface area contributed by atoms with Gasteiger partial charge in [0, 0.05) is 28.7 Å². The van der Waals surface area contributed by atoms with Gasteiger partial charge in [-0.2, -0.15) is 0 Å². The predicted molar refractivity (Wildman–Crippen MR) is 91.6 cm³/mol. The summed E-state index contributed by atoms with van der Waals surface area (Å²) < 4.78 is 0. The maximum absolute atomic E-state index is 12.2. The molecule has 2 aromatic rings. The maximum Gasteiger partial charge on any atom is 0.275 e. The van der Waals surface area contributed by atoms with Crippen LogP contribution in [0, 0.1) is 0 Å². The molecule has 0 aliphatic rings. The second kappa shape index (κ2) is 6.89. The van der Waals surface area contributed by atoms with Crippen LogP contribution in [0.3, 0.4) is 0 Å². The second-order valence-corrected chi connectivity index (χ2v) is 7.01. The fourth-order valence-corrected chi connectivity index (χ4v) is 2.51. The van der Waals surface area contributed by atoms with Crippen LogP contribution in [-0.2, 0) is 6.54 Å². The summed E-state index contributed by atoms with van der Waals surface area (Å²) in [5.41, 5.74) is 6.51. The Morgan fingerprint density at radius 2 is 2.00 bits per heavy atom. The lowest BCUT2D eigenvalue weighted by molar-refractivity contribution is 0.0918. The van der Waals surface area contributed by atoms with Gasteiger partial charge in [0.2, 0.25) is 0 Å². The lowest BCUT2D eigenvalue weighted by Gasteiger charge is -2.20. The van der Waals surface area contributed by atoms with Gasteiger partial charge in [-0.05, 0) is 39.0 Å². The zero-order valence-corrected chi connectivity index (χ0v) is 14.2. The van der Waals surface area contributed by atoms with Gasteiger partial charge in [0.15, 0.2) is 0 Å². The molecule has 0 atom stereocenters. The molecule has 1 heterocycles. The molecule has 4 N–H and O–H groups in total. The average Bonchev–Trinajstić information content (AvgIpc) is 2.95. The van der Waals surface area contributed by atoms with Gasteiger partial charge in [-0.3, -0.25) is 9.59 Å². The van der Waals surface area contributed by atoms with Gasteiger partial charge >= 0.3 is 0 Å². The summed E-state index contributed by atoms with van der Waals surface area (Å²) in [6, 6.07) is 6.78. The molecule has 0 aliphatic heterocycles. The highest BCUT2D eigenvalue weighted by Crippen LogP contribution is 2.15.